The van der Waals surface area contributed by atoms with Crippen LogP contribution in [-0.4, -0.2) is 63.9 Å². The fourth-order valence-corrected chi connectivity index (χ4v) is 5.37. The highest BCUT2D eigenvalue weighted by Gasteiger charge is 2.22. The predicted molar refractivity (Wildman–Crippen MR) is 138 cm³/mol. The predicted octanol–water partition coefficient (Wildman–Crippen LogP) is 3.61. The maximum atomic E-state index is 12.8. The van der Waals surface area contributed by atoms with E-state index in [4.69, 9.17) is 9.84 Å². The Morgan fingerprint density at radius 3 is 2.60 bits per heavy atom. The molecule has 2 aromatic heterocycles. The molecule has 0 unspecified atom stereocenters. The van der Waals surface area contributed by atoms with Gasteiger partial charge in [-0.2, -0.15) is 5.10 Å². The Labute approximate surface area is 207 Å². The van der Waals surface area contributed by atoms with E-state index in [0.29, 0.717) is 23.7 Å². The number of benzene rings is 1. The van der Waals surface area contributed by atoms with Crippen LogP contribution in [0.15, 0.2) is 35.3 Å². The average molecular weight is 479 g/mol. The van der Waals surface area contributed by atoms with Crippen LogP contribution in [0.2, 0.25) is 0 Å². The summed E-state index contributed by atoms with van der Waals surface area (Å²) < 4.78 is 7.27. The number of hydrogen-bond donors (Lipinski definition) is 1. The smallest absolute Gasteiger partial charge is 0.276 e. The number of nitrogens with zero attached hydrogens (tertiary/aromatic N) is 5. The van der Waals surface area contributed by atoms with Gasteiger partial charge in [0.15, 0.2) is 5.52 Å². The lowest BCUT2D eigenvalue weighted by molar-refractivity contribution is 0.0832. The van der Waals surface area contributed by atoms with Gasteiger partial charge >= 0.3 is 0 Å². The Morgan fingerprint density at radius 1 is 1.14 bits per heavy atom. The molecule has 1 N–H and O–H groups in total. The van der Waals surface area contributed by atoms with Crippen molar-refractivity contribution in [1.82, 2.24) is 24.5 Å². The van der Waals surface area contributed by atoms with Crippen molar-refractivity contribution in [2.24, 2.45) is 5.92 Å². The molecule has 2 aliphatic rings. The monoisotopic (exact) mass is 478 g/mol. The van der Waals surface area contributed by atoms with Crippen molar-refractivity contribution in [3.05, 3.63) is 58.0 Å². The number of nitrogens with one attached hydrogen (secondary N) is 1. The molecule has 4 heterocycles. The van der Waals surface area contributed by atoms with Crippen molar-refractivity contribution in [2.45, 2.75) is 58.4 Å². The molecule has 0 atom stereocenters. The highest BCUT2D eigenvalue weighted by atomic mass is 16.5. The summed E-state index contributed by atoms with van der Waals surface area (Å²) in [5.41, 5.74) is 3.06. The molecule has 0 amide bonds. The van der Waals surface area contributed by atoms with Gasteiger partial charge in [0, 0.05) is 64.0 Å². The zero-order valence-electron chi connectivity index (χ0n) is 21.1. The normalized spacial score (nSPS) is 17.3. The number of hydrogen-bond acceptors (Lipinski definition) is 6. The summed E-state index contributed by atoms with van der Waals surface area (Å²) in [6.07, 6.45) is 6.76. The molecule has 8 heteroatoms. The number of rotatable bonds is 9. The number of imidazole rings is 1. The largest absolute Gasteiger partial charge is 0.381 e. The molecule has 8 nitrogen and oxygen atoms in total. The van der Waals surface area contributed by atoms with Gasteiger partial charge in [-0.05, 0) is 49.3 Å². The van der Waals surface area contributed by atoms with E-state index in [0.717, 1.165) is 51.5 Å². The molecule has 2 aliphatic heterocycles. The van der Waals surface area contributed by atoms with Crippen molar-refractivity contribution in [3.8, 4) is 0 Å². The van der Waals surface area contributed by atoms with Gasteiger partial charge < -0.3 is 14.6 Å². The summed E-state index contributed by atoms with van der Waals surface area (Å²) in [4.78, 5) is 25.2. The molecule has 0 saturated carbocycles. The zero-order valence-corrected chi connectivity index (χ0v) is 21.1. The minimum Gasteiger partial charge on any atom is -0.381 e. The van der Waals surface area contributed by atoms with E-state index in [1.54, 1.807) is 10.7 Å². The van der Waals surface area contributed by atoms with Crippen molar-refractivity contribution in [3.63, 3.8) is 0 Å². The van der Waals surface area contributed by atoms with E-state index >= 15 is 0 Å². The maximum Gasteiger partial charge on any atom is 0.276 e. The highest BCUT2D eigenvalue weighted by molar-refractivity contribution is 5.48. The third kappa shape index (κ3) is 5.76. The van der Waals surface area contributed by atoms with Gasteiger partial charge in [0.2, 0.25) is 0 Å². The molecule has 0 radical (unpaired) electrons. The SMILES string of the molecule is CC(C)CN(CCc1nn2c(C3CCOCC3)ncc2c(=O)[nH]1)Cc1ccc(N2CCCC2)cc1. The molecule has 3 aromatic rings. The first-order valence-electron chi connectivity index (χ1n) is 13.2. The third-order valence-electron chi connectivity index (χ3n) is 7.16. The molecule has 0 aliphatic carbocycles. The van der Waals surface area contributed by atoms with Crippen LogP contribution in [0.4, 0.5) is 5.69 Å². The first kappa shape index (κ1) is 24.0. The van der Waals surface area contributed by atoms with Crippen molar-refractivity contribution >= 4 is 11.2 Å². The lowest BCUT2D eigenvalue weighted by Gasteiger charge is -2.25. The second-order valence-corrected chi connectivity index (χ2v) is 10.4. The summed E-state index contributed by atoms with van der Waals surface area (Å²) >= 11 is 0. The highest BCUT2D eigenvalue weighted by Crippen LogP contribution is 2.25. The van der Waals surface area contributed by atoms with Crippen LogP contribution in [0.25, 0.3) is 5.52 Å². The van der Waals surface area contributed by atoms with E-state index in [1.165, 1.54) is 37.2 Å². The topological polar surface area (TPSA) is 78.8 Å². The van der Waals surface area contributed by atoms with Crippen LogP contribution in [0.5, 0.6) is 0 Å². The quantitative estimate of drug-likeness (QED) is 0.506. The maximum absolute atomic E-state index is 12.8. The van der Waals surface area contributed by atoms with Gasteiger partial charge in [-0.15, -0.1) is 0 Å². The third-order valence-corrected chi connectivity index (χ3v) is 7.16. The van der Waals surface area contributed by atoms with E-state index in [1.807, 2.05) is 0 Å². The molecule has 188 valence electrons. The Bertz CT molecular complexity index is 1160. The van der Waals surface area contributed by atoms with Gasteiger partial charge in [0.25, 0.3) is 5.56 Å². The van der Waals surface area contributed by atoms with E-state index in [-0.39, 0.29) is 11.5 Å². The Morgan fingerprint density at radius 2 is 1.89 bits per heavy atom. The van der Waals surface area contributed by atoms with Crippen molar-refractivity contribution < 1.29 is 4.74 Å². The van der Waals surface area contributed by atoms with E-state index < -0.39 is 0 Å². The van der Waals surface area contributed by atoms with Crippen LogP contribution in [0, 0.1) is 5.92 Å². The summed E-state index contributed by atoms with van der Waals surface area (Å²) in [6.45, 7) is 11.0. The van der Waals surface area contributed by atoms with Gasteiger partial charge in [0.05, 0.1) is 6.20 Å². The lowest BCUT2D eigenvalue weighted by Crippen LogP contribution is -2.30. The Balaban J connectivity index is 1.28. The fourth-order valence-electron chi connectivity index (χ4n) is 5.37. The van der Waals surface area contributed by atoms with E-state index in [2.05, 4.69) is 57.9 Å². The minimum atomic E-state index is -0.117. The number of fused-ring (bicyclic) bond motifs is 1. The molecule has 2 fully saturated rings. The molecule has 0 bridgehead atoms. The van der Waals surface area contributed by atoms with Gasteiger partial charge in [-0.1, -0.05) is 26.0 Å². The van der Waals surface area contributed by atoms with Crippen molar-refractivity contribution in [2.75, 3.05) is 44.3 Å². The number of H-pyrrole nitrogens is 1. The molecule has 35 heavy (non-hydrogen) atoms. The van der Waals surface area contributed by atoms with Crippen molar-refractivity contribution in [1.29, 1.82) is 0 Å². The van der Waals surface area contributed by atoms with Crippen LogP contribution < -0.4 is 10.5 Å². The molecule has 2 saturated heterocycles. The Hall–Kier alpha value is -2.71. The van der Waals surface area contributed by atoms with Gasteiger partial charge in [-0.25, -0.2) is 9.50 Å². The first-order valence-corrected chi connectivity index (χ1v) is 13.2. The van der Waals surface area contributed by atoms with Gasteiger partial charge in [0.1, 0.15) is 11.6 Å². The molecule has 1 aromatic carbocycles. The molecule has 0 spiro atoms. The second kappa shape index (κ2) is 10.9. The molecular weight excluding hydrogens is 440 g/mol. The van der Waals surface area contributed by atoms with Crippen LogP contribution in [0.3, 0.4) is 0 Å². The van der Waals surface area contributed by atoms with Crippen LogP contribution >= 0.6 is 0 Å². The van der Waals surface area contributed by atoms with Gasteiger partial charge in [-0.3, -0.25) is 9.69 Å². The first-order chi connectivity index (χ1) is 17.1. The average Bonchev–Trinajstić information content (AvgIpc) is 3.54. The fraction of sp³-hybridized carbons (Fsp3) is 0.593. The number of ether oxygens (including phenoxy) is 1. The second-order valence-electron chi connectivity index (χ2n) is 10.4. The Kier molecular flexibility index (Phi) is 7.48. The molecule has 5 rings (SSSR count). The summed E-state index contributed by atoms with van der Waals surface area (Å²) in [5, 5.41) is 4.81. The van der Waals surface area contributed by atoms with E-state index in [9.17, 15) is 4.79 Å². The molecular formula is C27H38N6O2. The standard InChI is InChI=1S/C27H38N6O2/c1-20(2)18-31(19-21-5-7-23(8-6-21)32-12-3-4-13-32)14-9-25-29-27(34)24-17-28-26(33(24)30-25)22-10-15-35-16-11-22/h5-8,17,20,22H,3-4,9-16,18-19H2,1-2H3,(H,29,30,34). The number of aromatic nitrogens is 4. The number of aromatic amines is 1. The summed E-state index contributed by atoms with van der Waals surface area (Å²) in [6, 6.07) is 9.05. The summed E-state index contributed by atoms with van der Waals surface area (Å²) in [5.74, 6) is 2.44. The van der Waals surface area contributed by atoms with Crippen LogP contribution in [0.1, 0.15) is 62.7 Å². The minimum absolute atomic E-state index is 0.117. The number of anilines is 1. The zero-order chi connectivity index (χ0) is 24.2. The van der Waals surface area contributed by atoms with Crippen LogP contribution in [-0.2, 0) is 17.7 Å². The summed E-state index contributed by atoms with van der Waals surface area (Å²) in [7, 11) is 0. The lowest BCUT2D eigenvalue weighted by atomic mass is 10.00.